The second-order valence-electron chi connectivity index (χ2n) is 7.17. The van der Waals surface area contributed by atoms with Crippen LogP contribution in [-0.2, 0) is 17.8 Å². The largest absolute Gasteiger partial charge is 0.378 e. The Hall–Kier alpha value is -2.78. The number of carbonyl (C=O) groups excluding carboxylic acids is 1. The number of hydrogen-bond donors (Lipinski definition) is 0. The third-order valence-electron chi connectivity index (χ3n) is 5.03. The molecule has 1 aliphatic heterocycles. The molecule has 0 spiro atoms. The molecule has 3 aromatic rings. The van der Waals surface area contributed by atoms with Crippen molar-refractivity contribution in [1.29, 1.82) is 0 Å². The van der Waals surface area contributed by atoms with E-state index in [1.165, 1.54) is 0 Å². The van der Waals surface area contributed by atoms with Crippen molar-refractivity contribution in [2.45, 2.75) is 26.9 Å². The molecule has 0 atom stereocenters. The molecule has 4 rings (SSSR count). The molecule has 0 radical (unpaired) electrons. The van der Waals surface area contributed by atoms with Crippen LogP contribution in [0.3, 0.4) is 0 Å². The Morgan fingerprint density at radius 3 is 2.71 bits per heavy atom. The van der Waals surface area contributed by atoms with Gasteiger partial charge < -0.3 is 14.0 Å². The fourth-order valence-electron chi connectivity index (χ4n) is 3.45. The Balaban J connectivity index is 1.67. The molecule has 1 fully saturated rings. The van der Waals surface area contributed by atoms with E-state index < -0.39 is 0 Å². The Bertz CT molecular complexity index is 989. The summed E-state index contributed by atoms with van der Waals surface area (Å²) in [6.07, 6.45) is 1.96. The number of ether oxygens (including phenoxy) is 1. The van der Waals surface area contributed by atoms with Gasteiger partial charge in [0.1, 0.15) is 17.0 Å². The molecule has 28 heavy (non-hydrogen) atoms. The molecule has 0 N–H and O–H groups in total. The second kappa shape index (κ2) is 7.69. The van der Waals surface area contributed by atoms with Crippen LogP contribution in [0.1, 0.15) is 33.1 Å². The van der Waals surface area contributed by atoms with Crippen LogP contribution in [-0.4, -0.2) is 68.8 Å². The Labute approximate surface area is 162 Å². The predicted octanol–water partition coefficient (Wildman–Crippen LogP) is 1.44. The molecule has 0 saturated carbocycles. The van der Waals surface area contributed by atoms with E-state index in [0.717, 1.165) is 28.3 Å². The van der Waals surface area contributed by atoms with E-state index in [9.17, 15) is 4.79 Å². The zero-order valence-corrected chi connectivity index (χ0v) is 16.4. The van der Waals surface area contributed by atoms with E-state index in [0.29, 0.717) is 45.1 Å². The zero-order chi connectivity index (χ0) is 19.7. The number of nitrogens with zero attached hydrogens (tertiary/aromatic N) is 6. The van der Waals surface area contributed by atoms with Gasteiger partial charge in [0.25, 0.3) is 5.91 Å². The molecular weight excluding hydrogens is 360 g/mol. The van der Waals surface area contributed by atoms with E-state index in [-0.39, 0.29) is 5.91 Å². The van der Waals surface area contributed by atoms with E-state index in [4.69, 9.17) is 14.3 Å². The highest BCUT2D eigenvalue weighted by molar-refractivity contribution is 5.94. The van der Waals surface area contributed by atoms with E-state index in [1.807, 2.05) is 48.5 Å². The Morgan fingerprint density at radius 2 is 2.00 bits per heavy atom. The molecule has 1 saturated heterocycles. The minimum Gasteiger partial charge on any atom is -0.378 e. The molecule has 9 heteroatoms. The van der Waals surface area contributed by atoms with Gasteiger partial charge in [-0.25, -0.2) is 9.61 Å². The van der Waals surface area contributed by atoms with Gasteiger partial charge in [-0.05, 0) is 32.5 Å². The van der Waals surface area contributed by atoms with Gasteiger partial charge in [0.05, 0.1) is 18.9 Å². The van der Waals surface area contributed by atoms with Gasteiger partial charge in [-0.2, -0.15) is 0 Å². The van der Waals surface area contributed by atoms with E-state index >= 15 is 0 Å². The van der Waals surface area contributed by atoms with Gasteiger partial charge in [0.15, 0.2) is 5.69 Å². The van der Waals surface area contributed by atoms with Crippen molar-refractivity contribution in [3.05, 3.63) is 46.7 Å². The summed E-state index contributed by atoms with van der Waals surface area (Å²) >= 11 is 0. The fraction of sp³-hybridized carbons (Fsp3) is 0.474. The van der Waals surface area contributed by atoms with E-state index in [1.54, 1.807) is 0 Å². The van der Waals surface area contributed by atoms with Crippen LogP contribution in [0.25, 0.3) is 5.65 Å². The van der Waals surface area contributed by atoms with Crippen molar-refractivity contribution in [2.24, 2.45) is 0 Å². The highest BCUT2D eigenvalue weighted by atomic mass is 16.6. The minimum atomic E-state index is -0.0471. The van der Waals surface area contributed by atoms with Gasteiger partial charge in [-0.15, -0.1) is 0 Å². The molecule has 3 aromatic heterocycles. The molecule has 1 aliphatic rings. The monoisotopic (exact) mass is 384 g/mol. The molecule has 0 unspecified atom stereocenters. The smallest absolute Gasteiger partial charge is 0.274 e. The highest BCUT2D eigenvalue weighted by Crippen LogP contribution is 2.20. The summed E-state index contributed by atoms with van der Waals surface area (Å²) in [7, 11) is 1.98. The van der Waals surface area contributed by atoms with Gasteiger partial charge >= 0.3 is 0 Å². The summed E-state index contributed by atoms with van der Waals surface area (Å²) in [5.41, 5.74) is 4.76. The summed E-state index contributed by atoms with van der Waals surface area (Å²) in [6, 6.07) is 3.98. The maximum absolute atomic E-state index is 13.2. The standard InChI is InChI=1S/C19H24N6O3/c1-13-5-4-6-25-16(12-23(3)11-15-14(2)21-28-22-15)17(20-18(13)25)19(26)24-7-9-27-10-8-24/h4-6H,7-12H2,1-3H3. The first-order chi connectivity index (χ1) is 13.5. The summed E-state index contributed by atoms with van der Waals surface area (Å²) < 4.78 is 12.2. The first-order valence-electron chi connectivity index (χ1n) is 9.34. The number of pyridine rings is 1. The third-order valence-corrected chi connectivity index (χ3v) is 5.03. The van der Waals surface area contributed by atoms with Crippen LogP contribution >= 0.6 is 0 Å². The normalized spacial score (nSPS) is 14.9. The molecule has 148 valence electrons. The average molecular weight is 384 g/mol. The number of carbonyl (C=O) groups is 1. The van der Waals surface area contributed by atoms with Crippen LogP contribution in [0.2, 0.25) is 0 Å². The SMILES string of the molecule is Cc1nonc1CN(C)Cc1c(C(=O)N2CCOCC2)nc2c(C)cccn12. The van der Waals surface area contributed by atoms with E-state index in [2.05, 4.69) is 15.2 Å². The number of imidazole rings is 1. The van der Waals surface area contributed by atoms with Gasteiger partial charge in [0, 0.05) is 32.4 Å². The quantitative estimate of drug-likeness (QED) is 0.657. The molecule has 0 aromatic carbocycles. The first kappa shape index (κ1) is 18.6. The summed E-state index contributed by atoms with van der Waals surface area (Å²) in [5, 5.41) is 7.79. The lowest BCUT2D eigenvalue weighted by Crippen LogP contribution is -2.41. The van der Waals surface area contributed by atoms with Crippen LogP contribution in [0.5, 0.6) is 0 Å². The van der Waals surface area contributed by atoms with Crippen LogP contribution in [0, 0.1) is 13.8 Å². The van der Waals surface area contributed by atoms with Crippen molar-refractivity contribution in [3.8, 4) is 0 Å². The van der Waals surface area contributed by atoms with Crippen molar-refractivity contribution in [3.63, 3.8) is 0 Å². The maximum atomic E-state index is 13.2. The summed E-state index contributed by atoms with van der Waals surface area (Å²) in [4.78, 5) is 21.8. The minimum absolute atomic E-state index is 0.0471. The first-order valence-corrected chi connectivity index (χ1v) is 9.34. The van der Waals surface area contributed by atoms with Gasteiger partial charge in [-0.3, -0.25) is 9.69 Å². The summed E-state index contributed by atoms with van der Waals surface area (Å²) in [5.74, 6) is -0.0471. The molecule has 0 aliphatic carbocycles. The number of amides is 1. The van der Waals surface area contributed by atoms with Crippen molar-refractivity contribution in [2.75, 3.05) is 33.4 Å². The lowest BCUT2D eigenvalue weighted by molar-refractivity contribution is 0.0298. The Morgan fingerprint density at radius 1 is 1.21 bits per heavy atom. The van der Waals surface area contributed by atoms with Crippen LogP contribution in [0.4, 0.5) is 0 Å². The lowest BCUT2D eigenvalue weighted by atomic mass is 10.2. The summed E-state index contributed by atoms with van der Waals surface area (Å²) in [6.45, 7) is 7.28. The van der Waals surface area contributed by atoms with Crippen LogP contribution in [0.15, 0.2) is 23.0 Å². The molecule has 1 amide bonds. The molecule has 4 heterocycles. The van der Waals surface area contributed by atoms with Crippen molar-refractivity contribution in [1.82, 2.24) is 29.5 Å². The third kappa shape index (κ3) is 3.50. The molecule has 0 bridgehead atoms. The molecular formula is C19H24N6O3. The van der Waals surface area contributed by atoms with Crippen molar-refractivity contribution < 1.29 is 14.2 Å². The lowest BCUT2D eigenvalue weighted by Gasteiger charge is -2.26. The number of aryl methyl sites for hydroxylation is 2. The predicted molar refractivity (Wildman–Crippen MR) is 101 cm³/mol. The maximum Gasteiger partial charge on any atom is 0.274 e. The number of morpholine rings is 1. The number of fused-ring (bicyclic) bond motifs is 1. The Kier molecular flexibility index (Phi) is 5.10. The van der Waals surface area contributed by atoms with Gasteiger partial charge in [-0.1, -0.05) is 16.4 Å². The average Bonchev–Trinajstić information content (AvgIpc) is 3.27. The number of hydrogen-bond acceptors (Lipinski definition) is 7. The van der Waals surface area contributed by atoms with Crippen LogP contribution < -0.4 is 0 Å². The topological polar surface area (TPSA) is 89.0 Å². The second-order valence-corrected chi connectivity index (χ2v) is 7.17. The van der Waals surface area contributed by atoms with Gasteiger partial charge in [0.2, 0.25) is 0 Å². The number of rotatable bonds is 5. The highest BCUT2D eigenvalue weighted by Gasteiger charge is 2.26. The molecule has 9 nitrogen and oxygen atoms in total. The fourth-order valence-corrected chi connectivity index (χ4v) is 3.45. The van der Waals surface area contributed by atoms with Crippen molar-refractivity contribution >= 4 is 11.6 Å². The zero-order valence-electron chi connectivity index (χ0n) is 16.4. The number of aromatic nitrogens is 4.